The van der Waals surface area contributed by atoms with Crippen molar-refractivity contribution in [3.05, 3.63) is 71.9 Å². The van der Waals surface area contributed by atoms with Crippen molar-refractivity contribution in [1.82, 2.24) is 9.97 Å². The summed E-state index contributed by atoms with van der Waals surface area (Å²) in [5.41, 5.74) is 1.62. The fraction of sp³-hybridized carbons (Fsp3) is 0.200. The number of rotatable bonds is 9. The summed E-state index contributed by atoms with van der Waals surface area (Å²) in [5, 5.41) is 3.53. The molecule has 34 heavy (non-hydrogen) atoms. The fourth-order valence-corrected chi connectivity index (χ4v) is 3.32. The van der Waals surface area contributed by atoms with Gasteiger partial charge in [-0.05, 0) is 30.7 Å². The Morgan fingerprint density at radius 2 is 1.79 bits per heavy atom. The highest BCUT2D eigenvalue weighted by molar-refractivity contribution is 6.20. The molecular weight excluding hydrogens is 438 g/mol. The van der Waals surface area contributed by atoms with E-state index in [4.69, 9.17) is 18.9 Å². The molecule has 0 unspecified atom stereocenters. The average Bonchev–Trinajstić information content (AvgIpc) is 2.82. The van der Waals surface area contributed by atoms with Crippen molar-refractivity contribution < 1.29 is 28.5 Å². The number of methoxy groups -OCH3 is 2. The van der Waals surface area contributed by atoms with E-state index in [1.54, 1.807) is 31.4 Å². The average molecular weight is 461 g/mol. The first-order valence-electron chi connectivity index (χ1n) is 10.5. The number of ether oxygens (including phenoxy) is 4. The molecule has 9 nitrogen and oxygen atoms in total. The summed E-state index contributed by atoms with van der Waals surface area (Å²) in [6, 6.07) is 10.6. The summed E-state index contributed by atoms with van der Waals surface area (Å²) in [4.78, 5) is 33.9. The van der Waals surface area contributed by atoms with Crippen LogP contribution in [0.15, 0.2) is 66.3 Å². The third kappa shape index (κ3) is 5.05. The van der Waals surface area contributed by atoms with Crippen molar-refractivity contribution in [2.45, 2.75) is 6.92 Å². The molecule has 0 aliphatic heterocycles. The summed E-state index contributed by atoms with van der Waals surface area (Å²) >= 11 is 0. The molecule has 2 aromatic carbocycles. The molecule has 1 heterocycles. The monoisotopic (exact) mass is 461 g/mol. The lowest BCUT2D eigenvalue weighted by atomic mass is 10.1. The number of aromatic nitrogens is 2. The molecule has 1 aliphatic rings. The highest BCUT2D eigenvalue weighted by Crippen LogP contribution is 2.34. The summed E-state index contributed by atoms with van der Waals surface area (Å²) in [6.07, 6.45) is 3.72. The second kappa shape index (κ2) is 10.1. The van der Waals surface area contributed by atoms with Crippen LogP contribution in [0, 0.1) is 6.92 Å². The van der Waals surface area contributed by atoms with Crippen LogP contribution in [0.1, 0.15) is 5.56 Å². The smallest absolute Gasteiger partial charge is 0.223 e. The molecular formula is C25H23N3O6. The van der Waals surface area contributed by atoms with Gasteiger partial charge in [-0.2, -0.15) is 0 Å². The van der Waals surface area contributed by atoms with Crippen LogP contribution in [0.4, 0.5) is 5.82 Å². The lowest BCUT2D eigenvalue weighted by Gasteiger charge is -2.16. The molecule has 3 aromatic rings. The Morgan fingerprint density at radius 1 is 0.941 bits per heavy atom. The van der Waals surface area contributed by atoms with Crippen molar-refractivity contribution in [3.8, 4) is 17.2 Å². The van der Waals surface area contributed by atoms with Crippen LogP contribution in [-0.2, 0) is 14.3 Å². The lowest BCUT2D eigenvalue weighted by Crippen LogP contribution is -2.21. The number of fused-ring (bicyclic) bond motifs is 1. The first-order valence-corrected chi connectivity index (χ1v) is 10.5. The third-order valence-corrected chi connectivity index (χ3v) is 4.98. The van der Waals surface area contributed by atoms with E-state index in [0.29, 0.717) is 47.2 Å². The van der Waals surface area contributed by atoms with Crippen LogP contribution >= 0.6 is 0 Å². The van der Waals surface area contributed by atoms with Crippen molar-refractivity contribution >= 4 is 28.3 Å². The first-order chi connectivity index (χ1) is 16.5. The summed E-state index contributed by atoms with van der Waals surface area (Å²) < 4.78 is 21.8. The molecule has 4 rings (SSSR count). The number of aryl methyl sites for hydroxylation is 1. The quantitative estimate of drug-likeness (QED) is 0.379. The molecule has 1 N–H and O–H groups in total. The van der Waals surface area contributed by atoms with Crippen molar-refractivity contribution in [1.29, 1.82) is 0 Å². The fourth-order valence-electron chi connectivity index (χ4n) is 3.32. The molecule has 1 aliphatic carbocycles. The number of anilines is 1. The lowest BCUT2D eigenvalue weighted by molar-refractivity contribution is -0.116. The van der Waals surface area contributed by atoms with Gasteiger partial charge < -0.3 is 24.3 Å². The third-order valence-electron chi connectivity index (χ3n) is 4.98. The largest absolute Gasteiger partial charge is 0.493 e. The molecule has 0 spiro atoms. The Bertz CT molecular complexity index is 1320. The van der Waals surface area contributed by atoms with Crippen LogP contribution in [-0.4, -0.2) is 49.0 Å². The Morgan fingerprint density at radius 3 is 2.56 bits per heavy atom. The van der Waals surface area contributed by atoms with Gasteiger partial charge in [0.1, 0.15) is 24.5 Å². The van der Waals surface area contributed by atoms with Gasteiger partial charge in [0.2, 0.25) is 11.6 Å². The van der Waals surface area contributed by atoms with Crippen molar-refractivity contribution in [2.24, 2.45) is 0 Å². The van der Waals surface area contributed by atoms with Gasteiger partial charge in [0.15, 0.2) is 17.3 Å². The van der Waals surface area contributed by atoms with E-state index in [-0.39, 0.29) is 11.5 Å². The van der Waals surface area contributed by atoms with E-state index in [1.807, 2.05) is 19.1 Å². The first kappa shape index (κ1) is 22.9. The maximum atomic E-state index is 12.7. The van der Waals surface area contributed by atoms with E-state index in [1.165, 1.54) is 25.6 Å². The van der Waals surface area contributed by atoms with E-state index in [9.17, 15) is 9.59 Å². The molecule has 174 valence electrons. The van der Waals surface area contributed by atoms with Gasteiger partial charge in [0, 0.05) is 30.7 Å². The molecule has 1 aromatic heterocycles. The van der Waals surface area contributed by atoms with Gasteiger partial charge in [0.05, 0.1) is 24.9 Å². The summed E-state index contributed by atoms with van der Waals surface area (Å²) in [5.74, 6) is 0.892. The number of hydrogen-bond acceptors (Lipinski definition) is 9. The zero-order chi connectivity index (χ0) is 24.1. The van der Waals surface area contributed by atoms with Crippen LogP contribution in [0.25, 0.3) is 10.9 Å². The molecule has 9 heteroatoms. The summed E-state index contributed by atoms with van der Waals surface area (Å²) in [7, 11) is 3.11. The Labute approximate surface area is 196 Å². The topological polar surface area (TPSA) is 109 Å². The highest BCUT2D eigenvalue weighted by Gasteiger charge is 2.23. The standard InChI is InChI=1S/C25H23N3O6/c1-15-5-4-6-16(9-15)34-22-13-20(29)19(11-21(22)30)28-25-17-10-23(32-3)24(33-8-7-31-2)12-18(17)26-14-27-25/h4-6,9-14H,7-8H2,1-3H3,(H,26,27,28). The molecule has 0 amide bonds. The minimum absolute atomic E-state index is 0.0479. The maximum Gasteiger partial charge on any atom is 0.223 e. The van der Waals surface area contributed by atoms with Crippen molar-refractivity contribution in [2.75, 3.05) is 32.8 Å². The van der Waals surface area contributed by atoms with E-state index < -0.39 is 11.6 Å². The van der Waals surface area contributed by atoms with Gasteiger partial charge in [0.25, 0.3) is 0 Å². The number of hydrogen-bond donors (Lipinski definition) is 1. The van der Waals surface area contributed by atoms with Crippen LogP contribution < -0.4 is 19.5 Å². The SMILES string of the molecule is COCCOc1cc2ncnc(NC3=CC(=O)C(Oc4cccc(C)c4)=CC3=O)c2cc1OC. The number of nitrogens with one attached hydrogen (secondary N) is 1. The van der Waals surface area contributed by atoms with Gasteiger partial charge in [-0.15, -0.1) is 0 Å². The van der Waals surface area contributed by atoms with Gasteiger partial charge >= 0.3 is 0 Å². The van der Waals surface area contributed by atoms with Gasteiger partial charge in [-0.3, -0.25) is 9.59 Å². The number of carbonyl (C=O) groups is 2. The number of nitrogens with zero attached hydrogens (tertiary/aromatic N) is 2. The predicted molar refractivity (Wildman–Crippen MR) is 125 cm³/mol. The number of benzene rings is 2. The number of allylic oxidation sites excluding steroid dienone is 2. The molecule has 0 atom stereocenters. The number of ketones is 2. The van der Waals surface area contributed by atoms with Gasteiger partial charge in [-0.1, -0.05) is 12.1 Å². The number of carbonyl (C=O) groups excluding carboxylic acids is 2. The van der Waals surface area contributed by atoms with Crippen LogP contribution in [0.2, 0.25) is 0 Å². The second-order valence-electron chi connectivity index (χ2n) is 7.42. The zero-order valence-electron chi connectivity index (χ0n) is 19.0. The molecule has 0 radical (unpaired) electrons. The van der Waals surface area contributed by atoms with Crippen LogP contribution in [0.3, 0.4) is 0 Å². The molecule has 0 bridgehead atoms. The second-order valence-corrected chi connectivity index (χ2v) is 7.42. The maximum absolute atomic E-state index is 12.7. The van der Waals surface area contributed by atoms with E-state index >= 15 is 0 Å². The van der Waals surface area contributed by atoms with E-state index in [0.717, 1.165) is 5.56 Å². The molecule has 0 fully saturated rings. The predicted octanol–water partition coefficient (Wildman–Crippen LogP) is 3.38. The Hall–Kier alpha value is -4.24. The Balaban J connectivity index is 1.57. The van der Waals surface area contributed by atoms with Crippen LogP contribution in [0.5, 0.6) is 17.2 Å². The highest BCUT2D eigenvalue weighted by atomic mass is 16.5. The van der Waals surface area contributed by atoms with Crippen molar-refractivity contribution in [3.63, 3.8) is 0 Å². The van der Waals surface area contributed by atoms with E-state index in [2.05, 4.69) is 15.3 Å². The summed E-state index contributed by atoms with van der Waals surface area (Å²) in [6.45, 7) is 2.68. The molecule has 0 saturated heterocycles. The van der Waals surface area contributed by atoms with Gasteiger partial charge in [-0.25, -0.2) is 9.97 Å². The minimum atomic E-state index is -0.437. The zero-order valence-corrected chi connectivity index (χ0v) is 19.0. The minimum Gasteiger partial charge on any atom is -0.493 e. The normalized spacial score (nSPS) is 13.4. The molecule has 0 saturated carbocycles. The Kier molecular flexibility index (Phi) is 6.84.